The van der Waals surface area contributed by atoms with Gasteiger partial charge in [-0.05, 0) is 24.2 Å². The second kappa shape index (κ2) is 15.6. The molecule has 0 aromatic rings. The summed E-state index contributed by atoms with van der Waals surface area (Å²) in [5.74, 6) is -4.76. The fourth-order valence-corrected chi connectivity index (χ4v) is 3.33. The number of hydrogen-bond acceptors (Lipinski definition) is 8. The lowest BCUT2D eigenvalue weighted by Gasteiger charge is -2.28. The van der Waals surface area contributed by atoms with Crippen molar-refractivity contribution < 1.29 is 34.2 Å². The third kappa shape index (κ3) is 11.3. The van der Waals surface area contributed by atoms with E-state index < -0.39 is 66.4 Å². The van der Waals surface area contributed by atoms with Gasteiger partial charge in [0.15, 0.2) is 0 Å². The standard InChI is InChI=1S/C22H41N5O7S/c1-10(2)7-14(19(30)27-17(12(5)6)22(33)34)24-21(32)16(11(3)4)26-20(31)15(9-35)25-18(29)13(23)8-28/h10-17,28,35H,7-9,23H2,1-6H3,(H,24,32)(H,25,29)(H,26,31)(H,27,30)(H,33,34)/t13-,14-,15+,16-,17-/m0/s1. The number of hydrogen-bond donors (Lipinski definition) is 8. The van der Waals surface area contributed by atoms with Crippen LogP contribution < -0.4 is 27.0 Å². The van der Waals surface area contributed by atoms with E-state index in [1.54, 1.807) is 27.7 Å². The Labute approximate surface area is 211 Å². The number of carbonyl (C=O) groups is 5. The van der Waals surface area contributed by atoms with Crippen LogP contribution in [0.4, 0.5) is 0 Å². The van der Waals surface area contributed by atoms with Crippen LogP contribution in [0.2, 0.25) is 0 Å². The molecule has 0 saturated heterocycles. The van der Waals surface area contributed by atoms with Gasteiger partial charge in [0.25, 0.3) is 0 Å². The van der Waals surface area contributed by atoms with E-state index in [1.165, 1.54) is 0 Å². The summed E-state index contributed by atoms with van der Waals surface area (Å²) in [6, 6.07) is -5.54. The molecule has 13 heteroatoms. The molecule has 35 heavy (non-hydrogen) atoms. The number of aliphatic carboxylic acids is 1. The maximum Gasteiger partial charge on any atom is 0.326 e. The summed E-state index contributed by atoms with van der Waals surface area (Å²) >= 11 is 4.06. The minimum atomic E-state index is -1.22. The van der Waals surface area contributed by atoms with Crippen LogP contribution in [-0.2, 0) is 24.0 Å². The fourth-order valence-electron chi connectivity index (χ4n) is 3.08. The molecule has 0 aliphatic heterocycles. The molecule has 0 radical (unpaired) electrons. The van der Waals surface area contributed by atoms with Crippen molar-refractivity contribution in [2.75, 3.05) is 12.4 Å². The Bertz CT molecular complexity index is 748. The van der Waals surface area contributed by atoms with Gasteiger partial charge in [-0.1, -0.05) is 41.5 Å². The Morgan fingerprint density at radius 2 is 1.20 bits per heavy atom. The highest BCUT2D eigenvalue weighted by Crippen LogP contribution is 2.10. The smallest absolute Gasteiger partial charge is 0.326 e. The molecule has 0 fully saturated rings. The molecule has 0 rings (SSSR count). The molecular formula is C22H41N5O7S. The lowest BCUT2D eigenvalue weighted by Crippen LogP contribution is -2.60. The molecule has 0 saturated carbocycles. The van der Waals surface area contributed by atoms with E-state index in [0.717, 1.165) is 0 Å². The molecule has 0 unspecified atom stereocenters. The van der Waals surface area contributed by atoms with Crippen molar-refractivity contribution in [2.24, 2.45) is 23.5 Å². The van der Waals surface area contributed by atoms with E-state index in [2.05, 4.69) is 33.9 Å². The lowest BCUT2D eigenvalue weighted by atomic mass is 9.98. The molecule has 0 heterocycles. The van der Waals surface area contributed by atoms with Crippen LogP contribution in [0, 0.1) is 17.8 Å². The molecule has 0 aromatic carbocycles. The molecule has 202 valence electrons. The van der Waals surface area contributed by atoms with Gasteiger partial charge in [-0.25, -0.2) is 4.79 Å². The summed E-state index contributed by atoms with van der Waals surface area (Å²) in [6.45, 7) is 9.79. The number of thiol groups is 1. The lowest BCUT2D eigenvalue weighted by molar-refractivity contribution is -0.143. The first kappa shape index (κ1) is 32.6. The molecule has 0 aliphatic carbocycles. The normalized spacial score (nSPS) is 15.7. The van der Waals surface area contributed by atoms with Crippen LogP contribution >= 0.6 is 12.6 Å². The Morgan fingerprint density at radius 3 is 1.60 bits per heavy atom. The highest BCUT2D eigenvalue weighted by atomic mass is 32.1. The minimum Gasteiger partial charge on any atom is -0.480 e. The fraction of sp³-hybridized carbons (Fsp3) is 0.773. The number of carboxylic acids is 1. The topological polar surface area (TPSA) is 200 Å². The summed E-state index contributed by atoms with van der Waals surface area (Å²) in [7, 11) is 0. The van der Waals surface area contributed by atoms with E-state index in [1.807, 2.05) is 13.8 Å². The Hall–Kier alpha value is -2.38. The Balaban J connectivity index is 5.56. The van der Waals surface area contributed by atoms with Crippen molar-refractivity contribution in [3.8, 4) is 0 Å². The maximum atomic E-state index is 13.1. The molecular weight excluding hydrogens is 478 g/mol. The number of rotatable bonds is 15. The summed E-state index contributed by atoms with van der Waals surface area (Å²) in [5.41, 5.74) is 5.45. The van der Waals surface area contributed by atoms with Gasteiger partial charge in [-0.3, -0.25) is 19.2 Å². The molecule has 12 nitrogen and oxygen atoms in total. The van der Waals surface area contributed by atoms with E-state index in [4.69, 9.17) is 10.8 Å². The van der Waals surface area contributed by atoms with Crippen LogP contribution in [0.5, 0.6) is 0 Å². The van der Waals surface area contributed by atoms with E-state index in [9.17, 15) is 29.1 Å². The first-order chi connectivity index (χ1) is 16.2. The minimum absolute atomic E-state index is 0.0000206. The van der Waals surface area contributed by atoms with E-state index >= 15 is 0 Å². The average Bonchev–Trinajstić information content (AvgIpc) is 2.76. The van der Waals surface area contributed by atoms with Crippen LogP contribution in [0.3, 0.4) is 0 Å². The molecule has 0 aliphatic rings. The van der Waals surface area contributed by atoms with Crippen molar-refractivity contribution in [3.05, 3.63) is 0 Å². The zero-order chi connectivity index (χ0) is 27.5. The van der Waals surface area contributed by atoms with Crippen LogP contribution in [-0.4, -0.2) is 82.4 Å². The number of nitrogens with two attached hydrogens (primary N) is 1. The highest BCUT2D eigenvalue weighted by Gasteiger charge is 2.33. The summed E-state index contributed by atoms with van der Waals surface area (Å²) < 4.78 is 0. The Morgan fingerprint density at radius 1 is 0.743 bits per heavy atom. The maximum absolute atomic E-state index is 13.1. The average molecular weight is 520 g/mol. The number of carboxylic acid groups (broad SMARTS) is 1. The molecule has 5 atom stereocenters. The SMILES string of the molecule is CC(C)C[C@H](NC(=O)[C@@H](NC(=O)[C@@H](CS)NC(=O)[C@@H](N)CO)C(C)C)C(=O)N[C@H](C(=O)O)C(C)C. The van der Waals surface area contributed by atoms with Gasteiger partial charge >= 0.3 is 5.97 Å². The quantitative estimate of drug-likeness (QED) is 0.121. The molecule has 0 spiro atoms. The van der Waals surface area contributed by atoms with Gasteiger partial charge in [0, 0.05) is 5.75 Å². The second-order valence-corrected chi connectivity index (χ2v) is 9.89. The number of aliphatic hydroxyl groups excluding tert-OH is 1. The first-order valence-corrected chi connectivity index (χ1v) is 12.2. The Kier molecular flexibility index (Phi) is 14.5. The van der Waals surface area contributed by atoms with Gasteiger partial charge in [0.2, 0.25) is 23.6 Å². The number of carbonyl (C=O) groups excluding carboxylic acids is 4. The first-order valence-electron chi connectivity index (χ1n) is 11.6. The van der Waals surface area contributed by atoms with Crippen LogP contribution in [0.15, 0.2) is 0 Å². The summed E-state index contributed by atoms with van der Waals surface area (Å²) in [4.78, 5) is 62.1. The highest BCUT2D eigenvalue weighted by molar-refractivity contribution is 7.80. The van der Waals surface area contributed by atoms with Crippen molar-refractivity contribution >= 4 is 42.2 Å². The van der Waals surface area contributed by atoms with E-state index in [0.29, 0.717) is 0 Å². The summed E-state index contributed by atoms with van der Waals surface area (Å²) in [6.07, 6.45) is 0.245. The zero-order valence-electron chi connectivity index (χ0n) is 21.2. The van der Waals surface area contributed by atoms with Gasteiger partial charge in [0.05, 0.1) is 6.61 Å². The van der Waals surface area contributed by atoms with Crippen molar-refractivity contribution in [1.82, 2.24) is 21.3 Å². The predicted octanol–water partition coefficient (Wildman–Crippen LogP) is -1.38. The van der Waals surface area contributed by atoms with E-state index in [-0.39, 0.29) is 29.9 Å². The molecule has 0 bridgehead atoms. The van der Waals surface area contributed by atoms with Gasteiger partial charge in [-0.15, -0.1) is 0 Å². The van der Waals surface area contributed by atoms with Gasteiger partial charge < -0.3 is 37.2 Å². The number of nitrogens with one attached hydrogen (secondary N) is 4. The zero-order valence-corrected chi connectivity index (χ0v) is 22.1. The molecule has 8 N–H and O–H groups in total. The van der Waals surface area contributed by atoms with Crippen molar-refractivity contribution in [1.29, 1.82) is 0 Å². The predicted molar refractivity (Wildman–Crippen MR) is 133 cm³/mol. The van der Waals surface area contributed by atoms with Crippen molar-refractivity contribution in [2.45, 2.75) is 78.2 Å². The molecule has 4 amide bonds. The number of amides is 4. The third-order valence-corrected chi connectivity index (χ3v) is 5.53. The van der Waals surface area contributed by atoms with Crippen molar-refractivity contribution in [3.63, 3.8) is 0 Å². The monoisotopic (exact) mass is 519 g/mol. The van der Waals surface area contributed by atoms with Crippen LogP contribution in [0.1, 0.15) is 48.0 Å². The second-order valence-electron chi connectivity index (χ2n) is 9.52. The van der Waals surface area contributed by atoms with Gasteiger partial charge in [0.1, 0.15) is 30.2 Å². The molecule has 0 aromatic heterocycles. The van der Waals surface area contributed by atoms with Crippen LogP contribution in [0.25, 0.3) is 0 Å². The van der Waals surface area contributed by atoms with Gasteiger partial charge in [-0.2, -0.15) is 12.6 Å². The summed E-state index contributed by atoms with van der Waals surface area (Å²) in [5, 5.41) is 28.4. The third-order valence-electron chi connectivity index (χ3n) is 5.17. The largest absolute Gasteiger partial charge is 0.480 e. The number of aliphatic hydroxyl groups is 1.